The molecule has 3 fully saturated rings. The molecule has 13 heteroatoms. The summed E-state index contributed by atoms with van der Waals surface area (Å²) >= 11 is 0. The molecule has 1 spiro atoms. The molecule has 3 amide bonds. The summed E-state index contributed by atoms with van der Waals surface area (Å²) in [6.07, 6.45) is 4.25. The number of benzene rings is 3. The molecule has 4 aliphatic rings. The molecule has 8 rings (SSSR count). The molecule has 4 aliphatic heterocycles. The fourth-order valence-electron chi connectivity index (χ4n) is 9.33. The van der Waals surface area contributed by atoms with Crippen molar-refractivity contribution in [3.63, 3.8) is 0 Å². The Balaban J connectivity index is 1.11. The molecule has 54 heavy (non-hydrogen) atoms. The zero-order chi connectivity index (χ0) is 37.8. The molecule has 1 N–H and O–H groups in total. The number of carbonyl (C=O) groups is 3. The van der Waals surface area contributed by atoms with Gasteiger partial charge in [0.1, 0.15) is 0 Å². The second-order valence-corrected chi connectivity index (χ2v) is 19.5. The number of rotatable bonds is 11. The van der Waals surface area contributed by atoms with Crippen LogP contribution in [0.3, 0.4) is 0 Å². The standard InChI is InChI=1S/C41H47FN6O5Si/c1-27-39(54(2,3)42)36(19-22-45-25-34(43-44-45)32(26-49)29-9-5-4-6-10-29)53-41(27)33-23-31(47-21-8-12-38(47)51)17-18-35(33)48(40(41)52)24-28-13-15-30(16-14-28)46-20-7-11-37(46)50/h4-6,9-10,13-18,23,25,27,32,36,39,49H,7-8,11-12,19-22,24,26H2,1-3H3/t27-,32?,36+,39-,41+/m0/s1. The summed E-state index contributed by atoms with van der Waals surface area (Å²) < 4.78 is 25.3. The molecule has 1 aromatic heterocycles. The number of hydrogen-bond acceptors (Lipinski definition) is 7. The predicted molar refractivity (Wildman–Crippen MR) is 205 cm³/mol. The van der Waals surface area contributed by atoms with Gasteiger partial charge in [0.25, 0.3) is 5.91 Å². The summed E-state index contributed by atoms with van der Waals surface area (Å²) in [5.41, 5.74) is 3.40. The molecule has 4 aromatic rings. The first-order chi connectivity index (χ1) is 26.0. The number of aromatic nitrogens is 3. The van der Waals surface area contributed by atoms with Gasteiger partial charge in [0.2, 0.25) is 20.2 Å². The van der Waals surface area contributed by atoms with Crippen LogP contribution in [0.15, 0.2) is 79.0 Å². The Morgan fingerprint density at radius 3 is 2.24 bits per heavy atom. The van der Waals surface area contributed by atoms with Crippen LogP contribution in [0.25, 0.3) is 0 Å². The number of halogens is 1. The van der Waals surface area contributed by atoms with Gasteiger partial charge in [0, 0.05) is 67.1 Å². The maximum atomic E-state index is 16.6. The van der Waals surface area contributed by atoms with Crippen molar-refractivity contribution in [2.45, 2.75) is 88.4 Å². The Morgan fingerprint density at radius 1 is 0.944 bits per heavy atom. The van der Waals surface area contributed by atoms with E-state index in [0.29, 0.717) is 61.5 Å². The van der Waals surface area contributed by atoms with E-state index in [9.17, 15) is 14.7 Å². The van der Waals surface area contributed by atoms with Crippen LogP contribution in [0.1, 0.15) is 67.3 Å². The molecule has 0 aliphatic carbocycles. The summed E-state index contributed by atoms with van der Waals surface area (Å²) in [4.78, 5) is 45.6. The summed E-state index contributed by atoms with van der Waals surface area (Å²) in [7, 11) is -3.44. The van der Waals surface area contributed by atoms with E-state index in [4.69, 9.17) is 4.74 Å². The Bertz CT molecular complexity index is 2050. The van der Waals surface area contributed by atoms with Crippen molar-refractivity contribution in [2.24, 2.45) is 5.92 Å². The first kappa shape index (κ1) is 36.3. The average molecular weight is 751 g/mol. The number of ether oxygens (including phenoxy) is 1. The highest BCUT2D eigenvalue weighted by Crippen LogP contribution is 2.61. The molecule has 5 heterocycles. The van der Waals surface area contributed by atoms with Gasteiger partial charge in [-0.25, -0.2) is 0 Å². The maximum Gasteiger partial charge on any atom is 0.264 e. The van der Waals surface area contributed by atoms with Gasteiger partial charge in [0.15, 0.2) is 5.60 Å². The van der Waals surface area contributed by atoms with Crippen molar-refractivity contribution >= 4 is 43.2 Å². The van der Waals surface area contributed by atoms with Crippen LogP contribution in [-0.2, 0) is 37.8 Å². The van der Waals surface area contributed by atoms with Gasteiger partial charge >= 0.3 is 0 Å². The normalized spacial score (nSPS) is 24.7. The minimum absolute atomic E-state index is 0.0399. The van der Waals surface area contributed by atoms with Gasteiger partial charge in [-0.15, -0.1) is 5.10 Å². The van der Waals surface area contributed by atoms with Crippen LogP contribution >= 0.6 is 0 Å². The van der Waals surface area contributed by atoms with Crippen molar-refractivity contribution in [2.75, 3.05) is 34.4 Å². The highest BCUT2D eigenvalue weighted by Gasteiger charge is 2.66. The van der Waals surface area contributed by atoms with E-state index >= 15 is 8.90 Å². The van der Waals surface area contributed by atoms with E-state index in [1.807, 2.05) is 85.9 Å². The monoisotopic (exact) mass is 750 g/mol. The predicted octanol–water partition coefficient (Wildman–Crippen LogP) is 6.07. The first-order valence-corrected chi connectivity index (χ1v) is 22.0. The van der Waals surface area contributed by atoms with Gasteiger partial charge in [-0.1, -0.05) is 54.6 Å². The number of anilines is 3. The van der Waals surface area contributed by atoms with Crippen molar-refractivity contribution in [3.05, 3.63) is 101 Å². The minimum Gasteiger partial charge on any atom is -0.395 e. The maximum absolute atomic E-state index is 16.6. The number of hydrogen-bond donors (Lipinski definition) is 1. The number of aryl methyl sites for hydroxylation is 1. The fraction of sp³-hybridized carbons (Fsp3) is 0.439. The fourth-order valence-corrected chi connectivity index (χ4v) is 11.9. The van der Waals surface area contributed by atoms with E-state index in [0.717, 1.165) is 29.7 Å². The van der Waals surface area contributed by atoms with Gasteiger partial charge in [0.05, 0.1) is 36.6 Å². The van der Waals surface area contributed by atoms with Crippen LogP contribution in [-0.4, -0.2) is 72.0 Å². The smallest absolute Gasteiger partial charge is 0.264 e. The van der Waals surface area contributed by atoms with E-state index in [-0.39, 0.29) is 36.8 Å². The molecule has 1 unspecified atom stereocenters. The van der Waals surface area contributed by atoms with Gasteiger partial charge in [-0.05, 0) is 73.8 Å². The lowest BCUT2D eigenvalue weighted by atomic mass is 9.82. The SMILES string of the molecule is C[C@H]1[C@H]([Si](C)(C)F)[C@@H](CCn2cc(C(CO)c3ccccc3)nn2)O[C@]12C(=O)N(Cc1ccc(N3CCCC3=O)cc1)c1ccc(N3CCCC3=O)cc12. The topological polar surface area (TPSA) is 121 Å². The van der Waals surface area contributed by atoms with Crippen molar-refractivity contribution in [3.8, 4) is 0 Å². The summed E-state index contributed by atoms with van der Waals surface area (Å²) in [6.45, 7) is 7.14. The summed E-state index contributed by atoms with van der Waals surface area (Å²) in [5, 5.41) is 18.9. The Labute approximate surface area is 315 Å². The van der Waals surface area contributed by atoms with Gasteiger partial charge in [-0.2, -0.15) is 0 Å². The van der Waals surface area contributed by atoms with Crippen LogP contribution in [0.5, 0.6) is 0 Å². The highest BCUT2D eigenvalue weighted by atomic mass is 28.4. The lowest BCUT2D eigenvalue weighted by molar-refractivity contribution is -0.146. The molecule has 3 saturated heterocycles. The molecule has 3 aromatic carbocycles. The van der Waals surface area contributed by atoms with Crippen LogP contribution in [0.4, 0.5) is 21.2 Å². The van der Waals surface area contributed by atoms with Gasteiger partial charge in [-0.3, -0.25) is 19.1 Å². The van der Waals surface area contributed by atoms with Crippen molar-refractivity contribution in [1.29, 1.82) is 0 Å². The number of carbonyl (C=O) groups excluding carboxylic acids is 3. The van der Waals surface area contributed by atoms with Crippen LogP contribution in [0.2, 0.25) is 18.6 Å². The lowest BCUT2D eigenvalue weighted by Crippen LogP contribution is -2.45. The third kappa shape index (κ3) is 6.25. The second kappa shape index (κ2) is 14.2. The Morgan fingerprint density at radius 2 is 1.61 bits per heavy atom. The third-order valence-corrected chi connectivity index (χ3v) is 14.4. The Kier molecular flexibility index (Phi) is 9.51. The zero-order valence-corrected chi connectivity index (χ0v) is 32.0. The minimum atomic E-state index is -3.44. The molecular weight excluding hydrogens is 704 g/mol. The molecule has 0 saturated carbocycles. The molecule has 282 valence electrons. The molecule has 5 atom stereocenters. The van der Waals surface area contributed by atoms with E-state index in [2.05, 4.69) is 10.3 Å². The van der Waals surface area contributed by atoms with E-state index in [1.165, 1.54) is 0 Å². The molecule has 0 bridgehead atoms. The van der Waals surface area contributed by atoms with E-state index < -0.39 is 31.6 Å². The molecule has 11 nitrogen and oxygen atoms in total. The summed E-state index contributed by atoms with van der Waals surface area (Å²) in [6, 6.07) is 23.1. The number of nitrogens with zero attached hydrogens (tertiary/aromatic N) is 6. The number of aliphatic hydroxyl groups excluding tert-OH is 1. The van der Waals surface area contributed by atoms with E-state index in [1.54, 1.807) is 32.5 Å². The molecule has 0 radical (unpaired) electrons. The average Bonchev–Trinajstić information content (AvgIpc) is 3.99. The zero-order valence-electron chi connectivity index (χ0n) is 31.0. The number of aliphatic hydroxyl groups is 1. The highest BCUT2D eigenvalue weighted by molar-refractivity contribution is 6.72. The van der Waals surface area contributed by atoms with Crippen LogP contribution in [0, 0.1) is 5.92 Å². The second-order valence-electron chi connectivity index (χ2n) is 15.7. The third-order valence-electron chi connectivity index (χ3n) is 11.9. The van der Waals surface area contributed by atoms with Gasteiger partial charge < -0.3 is 28.7 Å². The van der Waals surface area contributed by atoms with Crippen molar-refractivity contribution in [1.82, 2.24) is 15.0 Å². The lowest BCUT2D eigenvalue weighted by Gasteiger charge is -2.31. The van der Waals surface area contributed by atoms with Crippen LogP contribution < -0.4 is 14.7 Å². The summed E-state index contributed by atoms with van der Waals surface area (Å²) in [5.74, 6) is -0.914. The Hall–Kier alpha value is -4.72. The van der Waals surface area contributed by atoms with Crippen molar-refractivity contribution < 1.29 is 28.3 Å². The first-order valence-electron chi connectivity index (χ1n) is 19.1. The largest absolute Gasteiger partial charge is 0.395 e. The quantitative estimate of drug-likeness (QED) is 0.146. The number of amides is 3. The number of fused-ring (bicyclic) bond motifs is 2. The molecular formula is C41H47FN6O5Si.